The summed E-state index contributed by atoms with van der Waals surface area (Å²) in [5.74, 6) is 0. The Balaban J connectivity index is 1.83. The van der Waals surface area contributed by atoms with Gasteiger partial charge >= 0.3 is 0 Å². The second kappa shape index (κ2) is 4.21. The van der Waals surface area contributed by atoms with E-state index in [1.807, 2.05) is 0 Å². The monoisotopic (exact) mass is 258 g/mol. The zero-order valence-electron chi connectivity index (χ0n) is 12.0. The lowest BCUT2D eigenvalue weighted by molar-refractivity contribution is 1.13. The zero-order valence-corrected chi connectivity index (χ0v) is 12.0. The summed E-state index contributed by atoms with van der Waals surface area (Å²) in [6.45, 7) is 4.56. The summed E-state index contributed by atoms with van der Waals surface area (Å²) in [5, 5.41) is 0. The van der Waals surface area contributed by atoms with Crippen LogP contribution in [-0.4, -0.2) is 0 Å². The molecule has 0 aromatic heterocycles. The molecule has 2 aliphatic rings. The van der Waals surface area contributed by atoms with Gasteiger partial charge in [-0.15, -0.1) is 0 Å². The highest BCUT2D eigenvalue weighted by Crippen LogP contribution is 2.43. The molecule has 0 spiro atoms. The fraction of sp³-hybridized carbons (Fsp3) is 0.200. The van der Waals surface area contributed by atoms with Gasteiger partial charge in [-0.25, -0.2) is 0 Å². The van der Waals surface area contributed by atoms with Crippen LogP contribution in [-0.2, 0) is 12.8 Å². The number of allylic oxidation sites excluding steroid dienone is 4. The molecule has 0 radical (unpaired) electrons. The van der Waals surface area contributed by atoms with E-state index in [9.17, 15) is 0 Å². The van der Waals surface area contributed by atoms with Gasteiger partial charge in [-0.2, -0.15) is 0 Å². The molecule has 4 rings (SSSR count). The van der Waals surface area contributed by atoms with Crippen molar-refractivity contribution in [3.63, 3.8) is 0 Å². The Bertz CT molecular complexity index is 705. The first-order chi connectivity index (χ1) is 9.75. The minimum atomic E-state index is 1.10. The summed E-state index contributed by atoms with van der Waals surface area (Å²) in [7, 11) is 0. The normalized spacial score (nSPS) is 16.7. The van der Waals surface area contributed by atoms with Crippen LogP contribution in [0.2, 0.25) is 0 Å². The molecular weight excluding hydrogens is 240 g/mol. The predicted molar refractivity (Wildman–Crippen MR) is 85.5 cm³/mol. The third-order valence-corrected chi connectivity index (χ3v) is 4.85. The molecule has 98 valence electrons. The van der Waals surface area contributed by atoms with Gasteiger partial charge in [-0.1, -0.05) is 48.5 Å². The van der Waals surface area contributed by atoms with Crippen LogP contribution in [0.3, 0.4) is 0 Å². The molecule has 0 amide bonds. The highest BCUT2D eigenvalue weighted by molar-refractivity contribution is 5.86. The van der Waals surface area contributed by atoms with Crippen molar-refractivity contribution >= 4 is 11.1 Å². The molecule has 0 N–H and O–H groups in total. The minimum absolute atomic E-state index is 1.10. The summed E-state index contributed by atoms with van der Waals surface area (Å²) in [5.41, 5.74) is 11.9. The van der Waals surface area contributed by atoms with E-state index in [0.717, 1.165) is 12.8 Å². The van der Waals surface area contributed by atoms with E-state index in [4.69, 9.17) is 0 Å². The number of hydrogen-bond donors (Lipinski definition) is 0. The largest absolute Gasteiger partial charge is 0.0619 e. The lowest BCUT2D eigenvalue weighted by atomic mass is 9.97. The van der Waals surface area contributed by atoms with Crippen LogP contribution in [0.4, 0.5) is 0 Å². The van der Waals surface area contributed by atoms with Crippen molar-refractivity contribution < 1.29 is 0 Å². The summed E-state index contributed by atoms with van der Waals surface area (Å²) in [4.78, 5) is 0. The van der Waals surface area contributed by atoms with E-state index >= 15 is 0 Å². The molecule has 20 heavy (non-hydrogen) atoms. The molecule has 0 bridgehead atoms. The van der Waals surface area contributed by atoms with Gasteiger partial charge in [0.15, 0.2) is 0 Å². The Kier molecular flexibility index (Phi) is 2.47. The number of benzene rings is 2. The van der Waals surface area contributed by atoms with E-state index in [0.29, 0.717) is 0 Å². The van der Waals surface area contributed by atoms with Crippen molar-refractivity contribution in [3.8, 4) is 0 Å². The molecule has 0 aliphatic heterocycles. The molecule has 0 atom stereocenters. The lowest BCUT2D eigenvalue weighted by Gasteiger charge is -2.07. The molecule has 0 unspecified atom stereocenters. The molecule has 2 aromatic carbocycles. The Hall–Kier alpha value is -2.08. The third-order valence-electron chi connectivity index (χ3n) is 4.85. The quantitative estimate of drug-likeness (QED) is 0.671. The second-order valence-electron chi connectivity index (χ2n) is 5.87. The average molecular weight is 258 g/mol. The summed E-state index contributed by atoms with van der Waals surface area (Å²) in [6.07, 6.45) is 2.20. The molecule has 0 heteroatoms. The minimum Gasteiger partial charge on any atom is -0.0619 e. The van der Waals surface area contributed by atoms with Gasteiger partial charge in [-0.05, 0) is 71.2 Å². The van der Waals surface area contributed by atoms with Crippen molar-refractivity contribution in [1.82, 2.24) is 0 Å². The van der Waals surface area contributed by atoms with Crippen LogP contribution in [0.1, 0.15) is 36.1 Å². The van der Waals surface area contributed by atoms with Crippen LogP contribution in [0.15, 0.2) is 59.7 Å². The van der Waals surface area contributed by atoms with Crippen molar-refractivity contribution in [2.24, 2.45) is 0 Å². The van der Waals surface area contributed by atoms with Gasteiger partial charge in [0, 0.05) is 0 Å². The van der Waals surface area contributed by atoms with Crippen LogP contribution < -0.4 is 0 Å². The molecule has 0 saturated heterocycles. The maximum Gasteiger partial charge on any atom is -0.00139 e. The Morgan fingerprint density at radius 1 is 0.600 bits per heavy atom. The summed E-state index contributed by atoms with van der Waals surface area (Å²) in [6, 6.07) is 17.7. The first-order valence-corrected chi connectivity index (χ1v) is 7.32. The highest BCUT2D eigenvalue weighted by atomic mass is 14.3. The van der Waals surface area contributed by atoms with Crippen molar-refractivity contribution in [3.05, 3.63) is 81.9 Å². The maximum absolute atomic E-state index is 2.28. The second-order valence-corrected chi connectivity index (χ2v) is 5.87. The van der Waals surface area contributed by atoms with Crippen LogP contribution >= 0.6 is 0 Å². The maximum atomic E-state index is 2.28. The van der Waals surface area contributed by atoms with Gasteiger partial charge < -0.3 is 0 Å². The SMILES string of the molecule is CC1=C(C2=C(C)c3ccccc3C2)Cc2ccccc21. The first-order valence-electron chi connectivity index (χ1n) is 7.32. The molecule has 2 aliphatic carbocycles. The van der Waals surface area contributed by atoms with Gasteiger partial charge in [-0.3, -0.25) is 0 Å². The lowest BCUT2D eigenvalue weighted by Crippen LogP contribution is -1.92. The molecule has 0 fully saturated rings. The first kappa shape index (κ1) is 11.7. The fourth-order valence-electron chi connectivity index (χ4n) is 3.72. The summed E-state index contributed by atoms with van der Waals surface area (Å²) < 4.78 is 0. The number of rotatable bonds is 1. The van der Waals surface area contributed by atoms with Gasteiger partial charge in [0.1, 0.15) is 0 Å². The van der Waals surface area contributed by atoms with E-state index in [2.05, 4.69) is 62.4 Å². The van der Waals surface area contributed by atoms with Gasteiger partial charge in [0.25, 0.3) is 0 Å². The Labute approximate surface area is 120 Å². The molecular formula is C20H18. The van der Waals surface area contributed by atoms with E-state index in [-0.39, 0.29) is 0 Å². The van der Waals surface area contributed by atoms with E-state index in [1.54, 1.807) is 11.1 Å². The topological polar surface area (TPSA) is 0 Å². The standard InChI is InChI=1S/C20H18/c1-13-17-9-5-3-7-15(17)11-19(13)20-12-16-8-4-6-10-18(16)14(20)2/h3-10H,11-12H2,1-2H3. The predicted octanol–water partition coefficient (Wildman–Crippen LogP) is 5.05. The van der Waals surface area contributed by atoms with Crippen LogP contribution in [0, 0.1) is 0 Å². The molecule has 2 aromatic rings. The van der Waals surface area contributed by atoms with Crippen LogP contribution in [0.5, 0.6) is 0 Å². The van der Waals surface area contributed by atoms with Crippen molar-refractivity contribution in [1.29, 1.82) is 0 Å². The third kappa shape index (κ3) is 1.54. The smallest absolute Gasteiger partial charge is 0.00139 e. The van der Waals surface area contributed by atoms with Crippen LogP contribution in [0.25, 0.3) is 11.1 Å². The van der Waals surface area contributed by atoms with E-state index < -0.39 is 0 Å². The zero-order chi connectivity index (χ0) is 13.7. The van der Waals surface area contributed by atoms with Crippen molar-refractivity contribution in [2.45, 2.75) is 26.7 Å². The Morgan fingerprint density at radius 3 is 1.40 bits per heavy atom. The van der Waals surface area contributed by atoms with E-state index in [1.165, 1.54) is 33.4 Å². The fourth-order valence-corrected chi connectivity index (χ4v) is 3.72. The molecule has 0 saturated carbocycles. The average Bonchev–Trinajstić information content (AvgIpc) is 2.98. The summed E-state index contributed by atoms with van der Waals surface area (Å²) >= 11 is 0. The van der Waals surface area contributed by atoms with Gasteiger partial charge in [0.2, 0.25) is 0 Å². The molecule has 0 nitrogen and oxygen atoms in total. The number of hydrogen-bond acceptors (Lipinski definition) is 0. The molecule has 0 heterocycles. The number of fused-ring (bicyclic) bond motifs is 2. The highest BCUT2D eigenvalue weighted by Gasteiger charge is 2.26. The van der Waals surface area contributed by atoms with Gasteiger partial charge in [0.05, 0.1) is 0 Å². The van der Waals surface area contributed by atoms with Crippen molar-refractivity contribution in [2.75, 3.05) is 0 Å². The Morgan fingerprint density at radius 2 is 1.00 bits per heavy atom.